The molecule has 2 N–H and O–H groups in total. The summed E-state index contributed by atoms with van der Waals surface area (Å²) in [7, 11) is 0. The summed E-state index contributed by atoms with van der Waals surface area (Å²) in [5, 5.41) is 7.38. The van der Waals surface area contributed by atoms with Crippen LogP contribution in [0, 0.1) is 6.92 Å². The van der Waals surface area contributed by atoms with Crippen LogP contribution in [0.5, 0.6) is 0 Å². The molecule has 0 spiro atoms. The fourth-order valence-electron chi connectivity index (χ4n) is 3.00. The molecular formula is C18H24N6O3S. The third kappa shape index (κ3) is 4.80. The number of aryl methyl sites for hydroxylation is 1. The second kappa shape index (κ2) is 8.59. The molecule has 0 aliphatic carbocycles. The van der Waals surface area contributed by atoms with Gasteiger partial charge in [0.25, 0.3) is 5.56 Å². The minimum atomic E-state index is -0.372. The molecule has 1 aliphatic heterocycles. The number of fused-ring (bicyclic) bond motifs is 1. The van der Waals surface area contributed by atoms with Gasteiger partial charge in [0.15, 0.2) is 5.16 Å². The van der Waals surface area contributed by atoms with Crippen molar-refractivity contribution in [3.63, 3.8) is 0 Å². The molecular weight excluding hydrogens is 380 g/mol. The van der Waals surface area contributed by atoms with Crippen LogP contribution in [0.4, 0.5) is 0 Å². The summed E-state index contributed by atoms with van der Waals surface area (Å²) in [5.41, 5.74) is 2.13. The highest BCUT2D eigenvalue weighted by Crippen LogP contribution is 2.22. The third-order valence-electron chi connectivity index (χ3n) is 4.43. The van der Waals surface area contributed by atoms with Crippen LogP contribution in [0.2, 0.25) is 0 Å². The number of carbonyl (C=O) groups excluding carboxylic acids is 2. The van der Waals surface area contributed by atoms with Crippen LogP contribution >= 0.6 is 11.8 Å². The van der Waals surface area contributed by atoms with E-state index in [1.165, 1.54) is 17.8 Å². The van der Waals surface area contributed by atoms with Gasteiger partial charge < -0.3 is 15.2 Å². The lowest BCUT2D eigenvalue weighted by molar-refractivity contribution is -0.131. The standard InChI is InChI=1S/C18H24N6O3S/c1-4-15(25)19-9-13-8-14-10-23(5-6-24(14)22-13)17(27)12(3)28-18-20-11(2)7-16(26)21-18/h7-8,12H,4-6,9-10H2,1-3H3,(H,19,25)(H,20,21,26)/t12-/m1/s1. The van der Waals surface area contributed by atoms with Gasteiger partial charge in [-0.3, -0.25) is 19.1 Å². The zero-order valence-corrected chi connectivity index (χ0v) is 17.0. The first-order chi connectivity index (χ1) is 13.4. The van der Waals surface area contributed by atoms with Crippen molar-refractivity contribution >= 4 is 23.6 Å². The van der Waals surface area contributed by atoms with E-state index < -0.39 is 0 Å². The Balaban J connectivity index is 1.62. The third-order valence-corrected chi connectivity index (χ3v) is 5.40. The largest absolute Gasteiger partial charge is 0.350 e. The smallest absolute Gasteiger partial charge is 0.251 e. The van der Waals surface area contributed by atoms with Crippen molar-refractivity contribution < 1.29 is 9.59 Å². The molecule has 1 atom stereocenters. The van der Waals surface area contributed by atoms with Gasteiger partial charge in [0.05, 0.1) is 36.3 Å². The van der Waals surface area contributed by atoms with Crippen molar-refractivity contribution in [3.8, 4) is 0 Å². The highest BCUT2D eigenvalue weighted by molar-refractivity contribution is 8.00. The van der Waals surface area contributed by atoms with Crippen molar-refractivity contribution in [3.05, 3.63) is 39.6 Å². The molecule has 0 saturated carbocycles. The average Bonchev–Trinajstić information content (AvgIpc) is 3.06. The number of aromatic amines is 1. The molecule has 28 heavy (non-hydrogen) atoms. The fraction of sp³-hybridized carbons (Fsp3) is 0.500. The van der Waals surface area contributed by atoms with E-state index in [2.05, 4.69) is 20.4 Å². The van der Waals surface area contributed by atoms with Gasteiger partial charge in [0, 0.05) is 24.7 Å². The number of hydrogen-bond acceptors (Lipinski definition) is 6. The van der Waals surface area contributed by atoms with Crippen molar-refractivity contribution in [1.29, 1.82) is 0 Å². The number of nitrogens with one attached hydrogen (secondary N) is 2. The van der Waals surface area contributed by atoms with Gasteiger partial charge >= 0.3 is 0 Å². The lowest BCUT2D eigenvalue weighted by atomic mass is 10.2. The van der Waals surface area contributed by atoms with Gasteiger partial charge in [-0.05, 0) is 19.9 Å². The second-order valence-electron chi connectivity index (χ2n) is 6.69. The summed E-state index contributed by atoms with van der Waals surface area (Å²) in [6.07, 6.45) is 0.437. The molecule has 0 fully saturated rings. The van der Waals surface area contributed by atoms with Gasteiger partial charge in [-0.15, -0.1) is 0 Å². The van der Waals surface area contributed by atoms with E-state index in [0.29, 0.717) is 43.5 Å². The molecule has 0 saturated heterocycles. The van der Waals surface area contributed by atoms with Gasteiger partial charge in [0.1, 0.15) is 0 Å². The number of hydrogen-bond donors (Lipinski definition) is 2. The Morgan fingerprint density at radius 3 is 2.86 bits per heavy atom. The summed E-state index contributed by atoms with van der Waals surface area (Å²) in [5.74, 6) is -0.0288. The summed E-state index contributed by atoms with van der Waals surface area (Å²) in [6, 6.07) is 3.34. The van der Waals surface area contributed by atoms with Crippen LogP contribution in [0.25, 0.3) is 0 Å². The van der Waals surface area contributed by atoms with Crippen LogP contribution in [0.1, 0.15) is 37.4 Å². The lowest BCUT2D eigenvalue weighted by Gasteiger charge is -2.29. The van der Waals surface area contributed by atoms with Crippen LogP contribution in [-0.4, -0.2) is 48.3 Å². The first-order valence-electron chi connectivity index (χ1n) is 9.21. The molecule has 3 heterocycles. The summed E-state index contributed by atoms with van der Waals surface area (Å²) < 4.78 is 1.88. The molecule has 9 nitrogen and oxygen atoms in total. The number of nitrogens with zero attached hydrogens (tertiary/aromatic N) is 4. The Morgan fingerprint density at radius 2 is 2.14 bits per heavy atom. The predicted molar refractivity (Wildman–Crippen MR) is 105 cm³/mol. The molecule has 3 rings (SSSR count). The molecule has 2 aromatic rings. The van der Waals surface area contributed by atoms with E-state index in [1.807, 2.05) is 17.7 Å². The maximum absolute atomic E-state index is 12.8. The molecule has 1 aliphatic rings. The quantitative estimate of drug-likeness (QED) is 0.545. The van der Waals surface area contributed by atoms with Crippen molar-refractivity contribution in [2.75, 3.05) is 6.54 Å². The van der Waals surface area contributed by atoms with Crippen LogP contribution in [-0.2, 0) is 29.2 Å². The van der Waals surface area contributed by atoms with E-state index >= 15 is 0 Å². The van der Waals surface area contributed by atoms with Gasteiger partial charge in [-0.1, -0.05) is 18.7 Å². The molecule has 0 bridgehead atoms. The Kier molecular flexibility index (Phi) is 6.18. The molecule has 2 aromatic heterocycles. The highest BCUT2D eigenvalue weighted by Gasteiger charge is 2.27. The highest BCUT2D eigenvalue weighted by atomic mass is 32.2. The van der Waals surface area contributed by atoms with Crippen molar-refractivity contribution in [1.82, 2.24) is 30.0 Å². The normalized spacial score (nSPS) is 14.5. The maximum atomic E-state index is 12.8. The van der Waals surface area contributed by atoms with Crippen LogP contribution in [0.15, 0.2) is 22.1 Å². The van der Waals surface area contributed by atoms with Crippen molar-refractivity contribution in [2.24, 2.45) is 0 Å². The number of aromatic nitrogens is 4. The van der Waals surface area contributed by atoms with E-state index in [9.17, 15) is 14.4 Å². The summed E-state index contributed by atoms with van der Waals surface area (Å²) >= 11 is 1.25. The van der Waals surface area contributed by atoms with E-state index in [-0.39, 0.29) is 22.6 Å². The minimum Gasteiger partial charge on any atom is -0.350 e. The lowest BCUT2D eigenvalue weighted by Crippen LogP contribution is -2.42. The summed E-state index contributed by atoms with van der Waals surface area (Å²) in [4.78, 5) is 44.5. The average molecular weight is 404 g/mol. The first kappa shape index (κ1) is 20.1. The van der Waals surface area contributed by atoms with Gasteiger partial charge in [-0.25, -0.2) is 4.98 Å². The Morgan fingerprint density at radius 1 is 1.36 bits per heavy atom. The maximum Gasteiger partial charge on any atom is 0.251 e. The molecule has 0 aromatic carbocycles. The van der Waals surface area contributed by atoms with Crippen molar-refractivity contribution in [2.45, 2.75) is 57.2 Å². The second-order valence-corrected chi connectivity index (χ2v) is 8.02. The number of H-pyrrole nitrogens is 1. The number of amides is 2. The molecule has 150 valence electrons. The zero-order valence-electron chi connectivity index (χ0n) is 16.2. The molecule has 10 heteroatoms. The number of rotatable bonds is 6. The molecule has 2 amide bonds. The van der Waals surface area contributed by atoms with E-state index in [1.54, 1.807) is 18.7 Å². The van der Waals surface area contributed by atoms with E-state index in [0.717, 1.165) is 11.4 Å². The number of thioether (sulfide) groups is 1. The molecule has 0 radical (unpaired) electrons. The Bertz CT molecular complexity index is 938. The monoisotopic (exact) mass is 404 g/mol. The molecule has 0 unspecified atom stereocenters. The first-order valence-corrected chi connectivity index (χ1v) is 10.1. The van der Waals surface area contributed by atoms with Crippen LogP contribution < -0.4 is 10.9 Å². The number of carbonyl (C=O) groups is 2. The summed E-state index contributed by atoms with van der Waals surface area (Å²) in [6.45, 7) is 7.40. The Hall–Kier alpha value is -2.62. The van der Waals surface area contributed by atoms with Gasteiger partial charge in [0.2, 0.25) is 11.8 Å². The van der Waals surface area contributed by atoms with Gasteiger partial charge in [-0.2, -0.15) is 5.10 Å². The SMILES string of the molecule is CCC(=O)NCc1cc2n(n1)CCN(C(=O)[C@@H](C)Sc1nc(C)cc(=O)[nH]1)C2. The minimum absolute atomic E-state index is 0.0116. The predicted octanol–water partition coefficient (Wildman–Crippen LogP) is 0.824. The topological polar surface area (TPSA) is 113 Å². The van der Waals surface area contributed by atoms with E-state index in [4.69, 9.17) is 0 Å². The van der Waals surface area contributed by atoms with Crippen LogP contribution in [0.3, 0.4) is 0 Å². The zero-order chi connectivity index (χ0) is 20.3. The Labute approximate surface area is 166 Å². The fourth-order valence-corrected chi connectivity index (χ4v) is 3.94.